The van der Waals surface area contributed by atoms with E-state index in [1.807, 2.05) is 6.07 Å². The van der Waals surface area contributed by atoms with Gasteiger partial charge in [0, 0.05) is 36.8 Å². The molecule has 1 unspecified atom stereocenters. The van der Waals surface area contributed by atoms with E-state index in [1.165, 1.54) is 24.3 Å². The second-order valence-corrected chi connectivity index (χ2v) is 6.59. The van der Waals surface area contributed by atoms with Gasteiger partial charge in [-0.2, -0.15) is 4.98 Å². The smallest absolute Gasteiger partial charge is 0.229 e. The van der Waals surface area contributed by atoms with Gasteiger partial charge in [-0.25, -0.2) is 4.39 Å². The summed E-state index contributed by atoms with van der Waals surface area (Å²) in [6.07, 6.45) is 0.110. The fourth-order valence-electron chi connectivity index (χ4n) is 3.14. The Balaban J connectivity index is 1.49. The standard InChI is InChI=1S/C20H17FN4O3/c1-12-22-19(24-28-12)13-3-2-4-17(9-13)25-11-14(10-18(25)26)20(27)23-16-7-5-15(21)6-8-16/h2-9,14H,10-11H2,1H3,(H,23,27). The maximum Gasteiger partial charge on any atom is 0.229 e. The van der Waals surface area contributed by atoms with E-state index in [-0.39, 0.29) is 30.6 Å². The van der Waals surface area contributed by atoms with E-state index in [0.717, 1.165) is 5.56 Å². The van der Waals surface area contributed by atoms with Crippen LogP contribution < -0.4 is 10.2 Å². The number of hydrogen-bond acceptors (Lipinski definition) is 5. The molecule has 1 saturated heterocycles. The van der Waals surface area contributed by atoms with Gasteiger partial charge in [0.25, 0.3) is 0 Å². The molecule has 2 aromatic carbocycles. The fourth-order valence-corrected chi connectivity index (χ4v) is 3.14. The molecule has 0 saturated carbocycles. The molecule has 0 bridgehead atoms. The highest BCUT2D eigenvalue weighted by Crippen LogP contribution is 2.29. The predicted octanol–water partition coefficient (Wildman–Crippen LogP) is 3.18. The van der Waals surface area contributed by atoms with Gasteiger partial charge in [-0.15, -0.1) is 0 Å². The number of benzene rings is 2. The van der Waals surface area contributed by atoms with Crippen molar-refractivity contribution in [2.24, 2.45) is 5.92 Å². The van der Waals surface area contributed by atoms with Crippen molar-refractivity contribution in [3.63, 3.8) is 0 Å². The molecule has 8 heteroatoms. The van der Waals surface area contributed by atoms with Crippen LogP contribution in [0.2, 0.25) is 0 Å². The molecular weight excluding hydrogens is 363 g/mol. The van der Waals surface area contributed by atoms with Gasteiger partial charge >= 0.3 is 0 Å². The van der Waals surface area contributed by atoms with Crippen molar-refractivity contribution in [3.05, 3.63) is 60.2 Å². The van der Waals surface area contributed by atoms with Gasteiger partial charge in [0.05, 0.1) is 5.92 Å². The molecule has 2 amide bonds. The van der Waals surface area contributed by atoms with Gasteiger partial charge in [-0.3, -0.25) is 9.59 Å². The zero-order valence-corrected chi connectivity index (χ0v) is 15.1. The summed E-state index contributed by atoms with van der Waals surface area (Å²) >= 11 is 0. The molecule has 1 aliphatic heterocycles. The third-order valence-corrected chi connectivity index (χ3v) is 4.55. The maximum absolute atomic E-state index is 13.0. The number of nitrogens with one attached hydrogen (secondary N) is 1. The predicted molar refractivity (Wildman–Crippen MR) is 100.0 cm³/mol. The number of aryl methyl sites for hydroxylation is 1. The summed E-state index contributed by atoms with van der Waals surface area (Å²) in [5, 5.41) is 6.62. The number of amides is 2. The van der Waals surface area contributed by atoms with Crippen LogP contribution in [-0.2, 0) is 9.59 Å². The number of hydrogen-bond donors (Lipinski definition) is 1. The number of halogens is 1. The molecule has 1 aromatic heterocycles. The minimum atomic E-state index is -0.492. The van der Waals surface area contributed by atoms with Crippen LogP contribution >= 0.6 is 0 Å². The van der Waals surface area contributed by atoms with Crippen molar-refractivity contribution in [1.82, 2.24) is 10.1 Å². The Morgan fingerprint density at radius 2 is 2.04 bits per heavy atom. The van der Waals surface area contributed by atoms with Crippen molar-refractivity contribution >= 4 is 23.2 Å². The summed E-state index contributed by atoms with van der Waals surface area (Å²) in [5.74, 6) is -0.384. The van der Waals surface area contributed by atoms with Crippen molar-refractivity contribution in [2.45, 2.75) is 13.3 Å². The first kappa shape index (κ1) is 17.8. The van der Waals surface area contributed by atoms with Crippen LogP contribution in [0.5, 0.6) is 0 Å². The van der Waals surface area contributed by atoms with Crippen molar-refractivity contribution < 1.29 is 18.5 Å². The van der Waals surface area contributed by atoms with E-state index < -0.39 is 5.92 Å². The Hall–Kier alpha value is -3.55. The van der Waals surface area contributed by atoms with Crippen LogP contribution in [0.15, 0.2) is 53.1 Å². The van der Waals surface area contributed by atoms with E-state index in [9.17, 15) is 14.0 Å². The van der Waals surface area contributed by atoms with Gasteiger partial charge in [-0.05, 0) is 36.4 Å². The van der Waals surface area contributed by atoms with Crippen molar-refractivity contribution in [1.29, 1.82) is 0 Å². The average molecular weight is 380 g/mol. The van der Waals surface area contributed by atoms with Gasteiger partial charge < -0.3 is 14.7 Å². The molecule has 7 nitrogen and oxygen atoms in total. The molecule has 2 heterocycles. The minimum absolute atomic E-state index is 0.110. The lowest BCUT2D eigenvalue weighted by atomic mass is 10.1. The number of aromatic nitrogens is 2. The molecule has 0 spiro atoms. The van der Waals surface area contributed by atoms with Crippen molar-refractivity contribution in [3.8, 4) is 11.4 Å². The molecule has 0 radical (unpaired) electrons. The summed E-state index contributed by atoms with van der Waals surface area (Å²) in [6.45, 7) is 1.97. The van der Waals surface area contributed by atoms with Crippen LogP contribution in [-0.4, -0.2) is 28.5 Å². The molecule has 0 aliphatic carbocycles. The van der Waals surface area contributed by atoms with E-state index in [2.05, 4.69) is 15.5 Å². The maximum atomic E-state index is 13.0. The minimum Gasteiger partial charge on any atom is -0.339 e. The normalized spacial score (nSPS) is 16.4. The number of nitrogens with zero attached hydrogens (tertiary/aromatic N) is 3. The Morgan fingerprint density at radius 1 is 1.25 bits per heavy atom. The Morgan fingerprint density at radius 3 is 2.75 bits per heavy atom. The second-order valence-electron chi connectivity index (χ2n) is 6.59. The first-order valence-electron chi connectivity index (χ1n) is 8.77. The summed E-state index contributed by atoms with van der Waals surface area (Å²) in [6, 6.07) is 12.7. The molecular formula is C20H17FN4O3. The summed E-state index contributed by atoms with van der Waals surface area (Å²) in [4.78, 5) is 30.7. The lowest BCUT2D eigenvalue weighted by molar-refractivity contribution is -0.122. The quantitative estimate of drug-likeness (QED) is 0.751. The Bertz CT molecular complexity index is 1030. The van der Waals surface area contributed by atoms with Gasteiger partial charge in [0.1, 0.15) is 5.82 Å². The van der Waals surface area contributed by atoms with Crippen LogP contribution in [0.4, 0.5) is 15.8 Å². The number of carbonyl (C=O) groups is 2. The monoisotopic (exact) mass is 380 g/mol. The molecule has 3 aromatic rings. The van der Waals surface area contributed by atoms with Gasteiger partial charge in [-0.1, -0.05) is 17.3 Å². The van der Waals surface area contributed by atoms with Crippen LogP contribution in [0.1, 0.15) is 12.3 Å². The zero-order valence-electron chi connectivity index (χ0n) is 15.1. The van der Waals surface area contributed by atoms with Crippen LogP contribution in [0.3, 0.4) is 0 Å². The topological polar surface area (TPSA) is 88.3 Å². The lowest BCUT2D eigenvalue weighted by Gasteiger charge is -2.17. The highest BCUT2D eigenvalue weighted by Gasteiger charge is 2.35. The largest absolute Gasteiger partial charge is 0.339 e. The van der Waals surface area contributed by atoms with E-state index in [1.54, 1.807) is 30.0 Å². The fraction of sp³-hybridized carbons (Fsp3) is 0.200. The third kappa shape index (κ3) is 3.62. The van der Waals surface area contributed by atoms with Crippen LogP contribution in [0, 0.1) is 18.7 Å². The second kappa shape index (κ2) is 7.22. The van der Waals surface area contributed by atoms with Crippen molar-refractivity contribution in [2.75, 3.05) is 16.8 Å². The highest BCUT2D eigenvalue weighted by atomic mass is 19.1. The average Bonchev–Trinajstić information content (AvgIpc) is 3.30. The first-order chi connectivity index (χ1) is 13.5. The number of carbonyl (C=O) groups excluding carboxylic acids is 2. The lowest BCUT2D eigenvalue weighted by Crippen LogP contribution is -2.28. The number of rotatable bonds is 4. The zero-order chi connectivity index (χ0) is 19.7. The molecule has 1 atom stereocenters. The summed E-state index contributed by atoms with van der Waals surface area (Å²) in [7, 11) is 0. The SMILES string of the molecule is Cc1nc(-c2cccc(N3CC(C(=O)Nc4ccc(F)cc4)CC3=O)c2)no1. The van der Waals surface area contributed by atoms with Gasteiger partial charge in [0.2, 0.25) is 23.5 Å². The first-order valence-corrected chi connectivity index (χ1v) is 8.77. The molecule has 28 heavy (non-hydrogen) atoms. The molecule has 142 valence electrons. The Labute approximate surface area is 160 Å². The summed E-state index contributed by atoms with van der Waals surface area (Å²) < 4.78 is 18.0. The Kier molecular flexibility index (Phi) is 4.60. The highest BCUT2D eigenvalue weighted by molar-refractivity contribution is 6.03. The molecule has 1 fully saturated rings. The molecule has 4 rings (SSSR count). The van der Waals surface area contributed by atoms with E-state index in [4.69, 9.17) is 4.52 Å². The third-order valence-electron chi connectivity index (χ3n) is 4.55. The molecule has 1 aliphatic rings. The summed E-state index contributed by atoms with van der Waals surface area (Å²) in [5.41, 5.74) is 1.88. The molecule has 1 N–H and O–H groups in total. The van der Waals surface area contributed by atoms with E-state index in [0.29, 0.717) is 23.1 Å². The van der Waals surface area contributed by atoms with Crippen LogP contribution in [0.25, 0.3) is 11.4 Å². The number of anilines is 2. The van der Waals surface area contributed by atoms with E-state index >= 15 is 0 Å². The van der Waals surface area contributed by atoms with Gasteiger partial charge in [0.15, 0.2) is 0 Å².